The lowest BCUT2D eigenvalue weighted by atomic mass is 9.98. The number of carboxylic acids is 1. The van der Waals surface area contributed by atoms with Crippen LogP contribution in [0.25, 0.3) is 0 Å². The van der Waals surface area contributed by atoms with Crippen LogP contribution in [0.3, 0.4) is 0 Å². The van der Waals surface area contributed by atoms with Gasteiger partial charge in [-0.15, -0.1) is 0 Å². The van der Waals surface area contributed by atoms with Crippen LogP contribution in [0.1, 0.15) is 33.1 Å². The predicted octanol–water partition coefficient (Wildman–Crippen LogP) is -1.42. The van der Waals surface area contributed by atoms with Crippen LogP contribution in [-0.2, 0) is 4.79 Å². The number of carbonyl (C=O) groups excluding carboxylic acids is 1. The smallest absolute Gasteiger partial charge is 0.118 e. The van der Waals surface area contributed by atoms with Gasteiger partial charge in [-0.05, 0) is 33.1 Å². The van der Waals surface area contributed by atoms with Crippen LogP contribution in [0.5, 0.6) is 0 Å². The molecule has 1 heterocycles. The summed E-state index contributed by atoms with van der Waals surface area (Å²) in [7, 11) is 0. The van der Waals surface area contributed by atoms with E-state index in [2.05, 4.69) is 13.8 Å². The van der Waals surface area contributed by atoms with Gasteiger partial charge in [0.25, 0.3) is 0 Å². The number of piperidine rings is 1. The minimum absolute atomic E-state index is 0.169. The van der Waals surface area contributed by atoms with Gasteiger partial charge in [0.15, 0.2) is 0 Å². The Kier molecular flexibility index (Phi) is 3.09. The topological polar surface area (TPSA) is 44.6 Å². The fourth-order valence-corrected chi connectivity index (χ4v) is 2.10. The molecule has 0 aliphatic carbocycles. The quantitative estimate of drug-likeness (QED) is 0.554. The van der Waals surface area contributed by atoms with E-state index in [-0.39, 0.29) is 6.54 Å². The lowest BCUT2D eigenvalue weighted by molar-refractivity contribution is -0.946. The summed E-state index contributed by atoms with van der Waals surface area (Å²) in [6, 6.07) is 0.957. The zero-order valence-corrected chi connectivity index (χ0v) is 7.80. The van der Waals surface area contributed by atoms with Crippen molar-refractivity contribution in [3.63, 3.8) is 0 Å². The molecule has 1 N–H and O–H groups in total. The lowest BCUT2D eigenvalue weighted by Gasteiger charge is -2.35. The van der Waals surface area contributed by atoms with Gasteiger partial charge >= 0.3 is 0 Å². The third kappa shape index (κ3) is 2.21. The molecule has 70 valence electrons. The summed E-state index contributed by atoms with van der Waals surface area (Å²) in [6.07, 6.45) is 3.53. The SMILES string of the molecule is C[C@H]1CCC[C@H](C)[NH+]1CC(=O)[O-]. The maximum absolute atomic E-state index is 10.4. The minimum Gasteiger partial charge on any atom is -0.544 e. The fourth-order valence-electron chi connectivity index (χ4n) is 2.10. The average Bonchev–Trinajstić information content (AvgIpc) is 1.97. The molecule has 0 aromatic rings. The van der Waals surface area contributed by atoms with Gasteiger partial charge in [-0.2, -0.15) is 0 Å². The second-order valence-electron chi connectivity index (χ2n) is 3.86. The number of hydrogen-bond acceptors (Lipinski definition) is 2. The fraction of sp³-hybridized carbons (Fsp3) is 0.889. The van der Waals surface area contributed by atoms with Crippen LogP contribution >= 0.6 is 0 Å². The second kappa shape index (κ2) is 3.90. The van der Waals surface area contributed by atoms with Gasteiger partial charge in [-0.25, -0.2) is 0 Å². The molecule has 0 aromatic heterocycles. The Balaban J connectivity index is 2.50. The van der Waals surface area contributed by atoms with E-state index in [1.54, 1.807) is 0 Å². The van der Waals surface area contributed by atoms with Crippen molar-refractivity contribution in [3.8, 4) is 0 Å². The zero-order chi connectivity index (χ0) is 9.14. The molecule has 1 rings (SSSR count). The van der Waals surface area contributed by atoms with Crippen molar-refractivity contribution in [2.24, 2.45) is 0 Å². The number of carboxylic acid groups (broad SMARTS) is 1. The van der Waals surface area contributed by atoms with Gasteiger partial charge < -0.3 is 14.8 Å². The molecule has 0 amide bonds. The molecule has 1 aliphatic heterocycles. The summed E-state index contributed by atoms with van der Waals surface area (Å²) in [5, 5.41) is 10.4. The highest BCUT2D eigenvalue weighted by Gasteiger charge is 2.27. The number of carbonyl (C=O) groups is 1. The molecular weight excluding hydrogens is 154 g/mol. The predicted molar refractivity (Wildman–Crippen MR) is 43.6 cm³/mol. The molecule has 0 unspecified atom stereocenters. The molecular formula is C9H17NO2. The molecule has 0 saturated carbocycles. The number of rotatable bonds is 2. The number of likely N-dealkylation sites (tertiary alicyclic amines) is 1. The molecule has 12 heavy (non-hydrogen) atoms. The zero-order valence-electron chi connectivity index (χ0n) is 7.80. The van der Waals surface area contributed by atoms with Crippen LogP contribution in [0.2, 0.25) is 0 Å². The Morgan fingerprint density at radius 1 is 1.42 bits per heavy atom. The molecule has 1 fully saturated rings. The lowest BCUT2D eigenvalue weighted by Crippen LogP contribution is -3.20. The van der Waals surface area contributed by atoms with E-state index < -0.39 is 5.97 Å². The van der Waals surface area contributed by atoms with Crippen molar-refractivity contribution in [2.45, 2.75) is 45.2 Å². The van der Waals surface area contributed by atoms with E-state index in [4.69, 9.17) is 0 Å². The van der Waals surface area contributed by atoms with Crippen molar-refractivity contribution < 1.29 is 14.8 Å². The Morgan fingerprint density at radius 3 is 2.33 bits per heavy atom. The second-order valence-corrected chi connectivity index (χ2v) is 3.86. The van der Waals surface area contributed by atoms with E-state index in [0.29, 0.717) is 12.1 Å². The van der Waals surface area contributed by atoms with E-state index in [1.165, 1.54) is 11.3 Å². The molecule has 1 aliphatic rings. The molecule has 0 bridgehead atoms. The van der Waals surface area contributed by atoms with Gasteiger partial charge in [-0.3, -0.25) is 0 Å². The van der Waals surface area contributed by atoms with Crippen molar-refractivity contribution >= 4 is 5.97 Å². The monoisotopic (exact) mass is 171 g/mol. The van der Waals surface area contributed by atoms with Crippen LogP contribution < -0.4 is 10.0 Å². The van der Waals surface area contributed by atoms with Gasteiger partial charge in [0.1, 0.15) is 6.54 Å². The normalized spacial score (nSPS) is 31.8. The van der Waals surface area contributed by atoms with Crippen molar-refractivity contribution in [2.75, 3.05) is 6.54 Å². The largest absolute Gasteiger partial charge is 0.544 e. The number of aliphatic carboxylic acids is 1. The first-order valence-electron chi connectivity index (χ1n) is 4.66. The summed E-state index contributed by atoms with van der Waals surface area (Å²) >= 11 is 0. The first kappa shape index (κ1) is 9.52. The Labute approximate surface area is 73.4 Å². The van der Waals surface area contributed by atoms with Crippen LogP contribution in [0.15, 0.2) is 0 Å². The van der Waals surface area contributed by atoms with Crippen LogP contribution in [-0.4, -0.2) is 24.6 Å². The van der Waals surface area contributed by atoms with Gasteiger partial charge in [0, 0.05) is 0 Å². The summed E-state index contributed by atoms with van der Waals surface area (Å²) in [6.45, 7) is 4.41. The summed E-state index contributed by atoms with van der Waals surface area (Å²) in [4.78, 5) is 11.6. The minimum atomic E-state index is -0.925. The third-order valence-electron chi connectivity index (χ3n) is 2.89. The third-order valence-corrected chi connectivity index (χ3v) is 2.89. The number of hydrogen-bond donors (Lipinski definition) is 1. The molecule has 2 atom stereocenters. The molecule has 0 aromatic carbocycles. The molecule has 1 saturated heterocycles. The first-order chi connectivity index (χ1) is 5.61. The van der Waals surface area contributed by atoms with Gasteiger partial charge in [-0.1, -0.05) is 0 Å². The summed E-state index contributed by atoms with van der Waals surface area (Å²) < 4.78 is 0. The molecule has 3 heteroatoms. The average molecular weight is 171 g/mol. The Morgan fingerprint density at radius 2 is 1.92 bits per heavy atom. The maximum Gasteiger partial charge on any atom is 0.118 e. The first-order valence-corrected chi connectivity index (χ1v) is 4.66. The molecule has 0 radical (unpaired) electrons. The van der Waals surface area contributed by atoms with Crippen molar-refractivity contribution in [1.82, 2.24) is 0 Å². The van der Waals surface area contributed by atoms with E-state index in [0.717, 1.165) is 12.8 Å². The number of quaternary nitrogens is 1. The highest BCUT2D eigenvalue weighted by atomic mass is 16.4. The van der Waals surface area contributed by atoms with E-state index in [1.807, 2.05) is 0 Å². The van der Waals surface area contributed by atoms with Crippen LogP contribution in [0, 0.1) is 0 Å². The van der Waals surface area contributed by atoms with Gasteiger partial charge in [0.05, 0.1) is 18.1 Å². The Hall–Kier alpha value is -0.570. The highest BCUT2D eigenvalue weighted by molar-refractivity contribution is 5.65. The summed E-state index contributed by atoms with van der Waals surface area (Å²) in [5.74, 6) is -0.925. The molecule has 0 spiro atoms. The standard InChI is InChI=1S/C9H17NO2/c1-7-4-3-5-8(2)10(7)6-9(11)12/h7-8H,3-6H2,1-2H3,(H,11,12)/t7-,8-/m0/s1. The maximum atomic E-state index is 10.4. The van der Waals surface area contributed by atoms with E-state index >= 15 is 0 Å². The van der Waals surface area contributed by atoms with Crippen molar-refractivity contribution in [1.29, 1.82) is 0 Å². The summed E-state index contributed by atoms with van der Waals surface area (Å²) in [5.41, 5.74) is 0. The Bertz CT molecular complexity index is 160. The van der Waals surface area contributed by atoms with Crippen molar-refractivity contribution in [3.05, 3.63) is 0 Å². The van der Waals surface area contributed by atoms with E-state index in [9.17, 15) is 9.90 Å². The van der Waals surface area contributed by atoms with Gasteiger partial charge in [0.2, 0.25) is 0 Å². The van der Waals surface area contributed by atoms with Crippen LogP contribution in [0.4, 0.5) is 0 Å². The highest BCUT2D eigenvalue weighted by Crippen LogP contribution is 2.06. The molecule has 3 nitrogen and oxygen atoms in total. The number of nitrogens with one attached hydrogen (secondary N) is 1.